The minimum atomic E-state index is -4.51. The van der Waals surface area contributed by atoms with E-state index in [1.807, 2.05) is 0 Å². The van der Waals surface area contributed by atoms with Crippen LogP contribution in [0.5, 0.6) is 11.5 Å². The number of thioether (sulfide) groups is 1. The van der Waals surface area contributed by atoms with Crippen molar-refractivity contribution >= 4 is 51.9 Å². The fourth-order valence-electron chi connectivity index (χ4n) is 3.00. The maximum Gasteiger partial charge on any atom is 0.416 e. The third-order valence-corrected chi connectivity index (χ3v) is 5.99. The maximum atomic E-state index is 12.8. The SMILES string of the molecule is COc1ccc(C=C2SC(=S)N(CCC(=O)Nc3cccc(C(F)(F)F)c3)C2=O)cc1OC. The Bertz CT molecular complexity index is 1120. The zero-order chi connectivity index (χ0) is 24.2. The lowest BCUT2D eigenvalue weighted by Crippen LogP contribution is -2.31. The number of nitrogens with zero attached hydrogens (tertiary/aromatic N) is 1. The number of thiocarbonyl (C=S) groups is 1. The van der Waals surface area contributed by atoms with Gasteiger partial charge in [0.2, 0.25) is 5.91 Å². The van der Waals surface area contributed by atoms with Crippen molar-refractivity contribution in [1.82, 2.24) is 4.90 Å². The van der Waals surface area contributed by atoms with Gasteiger partial charge in [0.05, 0.1) is 24.7 Å². The number of amides is 2. The maximum absolute atomic E-state index is 12.8. The number of hydrogen-bond donors (Lipinski definition) is 1. The van der Waals surface area contributed by atoms with Crippen LogP contribution in [0.15, 0.2) is 47.4 Å². The molecule has 0 atom stereocenters. The summed E-state index contributed by atoms with van der Waals surface area (Å²) in [5.41, 5.74) is -0.137. The van der Waals surface area contributed by atoms with Gasteiger partial charge in [-0.15, -0.1) is 0 Å². The highest BCUT2D eigenvalue weighted by atomic mass is 32.2. The molecule has 1 N–H and O–H groups in total. The second-order valence-corrected chi connectivity index (χ2v) is 8.50. The van der Waals surface area contributed by atoms with Gasteiger partial charge in [0.1, 0.15) is 4.32 Å². The lowest BCUT2D eigenvalue weighted by molar-refractivity contribution is -0.137. The quantitative estimate of drug-likeness (QED) is 0.432. The lowest BCUT2D eigenvalue weighted by Gasteiger charge is -2.14. The molecule has 0 unspecified atom stereocenters. The standard InChI is InChI=1S/C22H19F3N2O4S2/c1-30-16-7-6-13(10-17(16)31-2)11-18-20(29)27(21(32)33-18)9-8-19(28)26-15-5-3-4-14(12-15)22(23,24)25/h3-7,10-12H,8-9H2,1-2H3,(H,26,28). The minimum Gasteiger partial charge on any atom is -0.493 e. The summed E-state index contributed by atoms with van der Waals surface area (Å²) in [4.78, 5) is 26.7. The lowest BCUT2D eigenvalue weighted by atomic mass is 10.2. The molecule has 174 valence electrons. The molecule has 0 aromatic heterocycles. The molecule has 3 rings (SSSR count). The predicted molar refractivity (Wildman–Crippen MR) is 124 cm³/mol. The zero-order valence-electron chi connectivity index (χ0n) is 17.6. The van der Waals surface area contributed by atoms with E-state index in [0.717, 1.165) is 23.9 Å². The van der Waals surface area contributed by atoms with Crippen molar-refractivity contribution < 1.29 is 32.2 Å². The first-order valence-corrected chi connectivity index (χ1v) is 10.8. The number of rotatable bonds is 7. The summed E-state index contributed by atoms with van der Waals surface area (Å²) in [5, 5.41) is 2.42. The summed E-state index contributed by atoms with van der Waals surface area (Å²) < 4.78 is 49.2. The van der Waals surface area contributed by atoms with Crippen molar-refractivity contribution in [3.8, 4) is 11.5 Å². The minimum absolute atomic E-state index is 0.00125. The molecule has 0 aliphatic carbocycles. The van der Waals surface area contributed by atoms with Crippen molar-refractivity contribution in [2.45, 2.75) is 12.6 Å². The van der Waals surface area contributed by atoms with Gasteiger partial charge in [-0.25, -0.2) is 0 Å². The average Bonchev–Trinajstić information content (AvgIpc) is 3.04. The molecule has 2 aromatic rings. The van der Waals surface area contributed by atoms with E-state index in [9.17, 15) is 22.8 Å². The van der Waals surface area contributed by atoms with Crippen LogP contribution in [0, 0.1) is 0 Å². The highest BCUT2D eigenvalue weighted by Gasteiger charge is 2.32. The molecule has 2 amide bonds. The zero-order valence-corrected chi connectivity index (χ0v) is 19.2. The number of benzene rings is 2. The number of alkyl halides is 3. The van der Waals surface area contributed by atoms with Crippen molar-refractivity contribution in [3.63, 3.8) is 0 Å². The molecule has 0 saturated carbocycles. The monoisotopic (exact) mass is 496 g/mol. The second-order valence-electron chi connectivity index (χ2n) is 6.82. The summed E-state index contributed by atoms with van der Waals surface area (Å²) >= 11 is 6.37. The molecule has 1 heterocycles. The first-order valence-electron chi connectivity index (χ1n) is 9.57. The fraction of sp³-hybridized carbons (Fsp3) is 0.227. The van der Waals surface area contributed by atoms with Crippen LogP contribution in [0.4, 0.5) is 18.9 Å². The van der Waals surface area contributed by atoms with Gasteiger partial charge < -0.3 is 14.8 Å². The molecule has 0 bridgehead atoms. The first kappa shape index (κ1) is 24.6. The van der Waals surface area contributed by atoms with Gasteiger partial charge >= 0.3 is 6.18 Å². The van der Waals surface area contributed by atoms with E-state index in [1.165, 1.54) is 31.3 Å². The highest BCUT2D eigenvalue weighted by molar-refractivity contribution is 8.26. The van der Waals surface area contributed by atoms with Gasteiger partial charge in [-0.3, -0.25) is 14.5 Å². The summed E-state index contributed by atoms with van der Waals surface area (Å²) in [7, 11) is 3.03. The average molecular weight is 497 g/mol. The van der Waals surface area contributed by atoms with E-state index in [-0.39, 0.29) is 24.6 Å². The van der Waals surface area contributed by atoms with E-state index in [4.69, 9.17) is 21.7 Å². The summed E-state index contributed by atoms with van der Waals surface area (Å²) in [6, 6.07) is 9.52. The van der Waals surface area contributed by atoms with Crippen LogP contribution in [-0.4, -0.2) is 41.8 Å². The van der Waals surface area contributed by atoms with Gasteiger partial charge in [0.15, 0.2) is 11.5 Å². The van der Waals surface area contributed by atoms with Gasteiger partial charge in [0.25, 0.3) is 5.91 Å². The Hall–Kier alpha value is -3.05. The van der Waals surface area contributed by atoms with E-state index in [2.05, 4.69) is 5.32 Å². The summed E-state index contributed by atoms with van der Waals surface area (Å²) in [5.74, 6) is 0.167. The van der Waals surface area contributed by atoms with E-state index >= 15 is 0 Å². The van der Waals surface area contributed by atoms with Gasteiger partial charge in [-0.1, -0.05) is 36.1 Å². The molecule has 6 nitrogen and oxygen atoms in total. The number of nitrogens with one attached hydrogen (secondary N) is 1. The Kier molecular flexibility index (Phi) is 7.65. The van der Waals surface area contributed by atoms with Crippen molar-refractivity contribution in [3.05, 3.63) is 58.5 Å². The Morgan fingerprint density at radius 1 is 1.15 bits per heavy atom. The molecule has 0 spiro atoms. The van der Waals surface area contributed by atoms with Crippen LogP contribution in [0.1, 0.15) is 17.5 Å². The van der Waals surface area contributed by atoms with Gasteiger partial charge in [0, 0.05) is 18.7 Å². The van der Waals surface area contributed by atoms with E-state index in [0.29, 0.717) is 26.3 Å². The van der Waals surface area contributed by atoms with E-state index in [1.54, 1.807) is 24.3 Å². The van der Waals surface area contributed by atoms with Crippen LogP contribution in [0.25, 0.3) is 6.08 Å². The van der Waals surface area contributed by atoms with Crippen LogP contribution < -0.4 is 14.8 Å². The molecule has 1 aliphatic rings. The number of halogens is 3. The Morgan fingerprint density at radius 3 is 2.55 bits per heavy atom. The predicted octanol–water partition coefficient (Wildman–Crippen LogP) is 4.95. The van der Waals surface area contributed by atoms with Gasteiger partial charge in [-0.05, 0) is 42.0 Å². The largest absolute Gasteiger partial charge is 0.493 e. The van der Waals surface area contributed by atoms with Crippen LogP contribution in [0.2, 0.25) is 0 Å². The normalized spacial score (nSPS) is 15.2. The first-order chi connectivity index (χ1) is 15.6. The molecule has 11 heteroatoms. The molecule has 2 aromatic carbocycles. The third-order valence-electron chi connectivity index (χ3n) is 4.62. The number of ether oxygens (including phenoxy) is 2. The van der Waals surface area contributed by atoms with Crippen molar-refractivity contribution in [2.24, 2.45) is 0 Å². The smallest absolute Gasteiger partial charge is 0.416 e. The second kappa shape index (κ2) is 10.3. The Labute approximate surface area is 197 Å². The van der Waals surface area contributed by atoms with Gasteiger partial charge in [-0.2, -0.15) is 13.2 Å². The number of anilines is 1. The molecule has 1 aliphatic heterocycles. The fourth-order valence-corrected chi connectivity index (χ4v) is 4.31. The highest BCUT2D eigenvalue weighted by Crippen LogP contribution is 2.35. The molecular formula is C22H19F3N2O4S2. The summed E-state index contributed by atoms with van der Waals surface area (Å²) in [6.07, 6.45) is -2.99. The molecule has 1 fully saturated rings. The van der Waals surface area contributed by atoms with Crippen LogP contribution >= 0.6 is 24.0 Å². The number of methoxy groups -OCH3 is 2. The topological polar surface area (TPSA) is 67.9 Å². The van der Waals surface area contributed by atoms with E-state index < -0.39 is 17.6 Å². The van der Waals surface area contributed by atoms with Crippen molar-refractivity contribution in [1.29, 1.82) is 0 Å². The number of carbonyl (C=O) groups excluding carboxylic acids is 2. The molecular weight excluding hydrogens is 477 g/mol. The molecule has 33 heavy (non-hydrogen) atoms. The Morgan fingerprint density at radius 2 is 1.88 bits per heavy atom. The summed E-state index contributed by atoms with van der Waals surface area (Å²) in [6.45, 7) is -0.00125. The number of hydrogen-bond acceptors (Lipinski definition) is 6. The molecule has 1 saturated heterocycles. The van der Waals surface area contributed by atoms with Crippen molar-refractivity contribution in [2.75, 3.05) is 26.1 Å². The van der Waals surface area contributed by atoms with Crippen LogP contribution in [-0.2, 0) is 15.8 Å². The van der Waals surface area contributed by atoms with Crippen LogP contribution in [0.3, 0.4) is 0 Å². The Balaban J connectivity index is 1.63. The molecule has 0 radical (unpaired) electrons. The number of carbonyl (C=O) groups is 2. The third kappa shape index (κ3) is 6.05.